The molecule has 2 aromatic rings. The van der Waals surface area contributed by atoms with Crippen molar-refractivity contribution in [2.75, 3.05) is 12.8 Å². The molecule has 0 spiro atoms. The van der Waals surface area contributed by atoms with E-state index in [-0.39, 0.29) is 0 Å². The fourth-order valence-corrected chi connectivity index (χ4v) is 3.68. The second kappa shape index (κ2) is 6.68. The number of rotatable bonds is 7. The van der Waals surface area contributed by atoms with Crippen LogP contribution in [0.1, 0.15) is 32.3 Å². The van der Waals surface area contributed by atoms with Gasteiger partial charge in [0.2, 0.25) is 0 Å². The normalized spacial score (nSPS) is 12.2. The van der Waals surface area contributed by atoms with Crippen LogP contribution in [0.25, 0.3) is 10.9 Å². The van der Waals surface area contributed by atoms with Gasteiger partial charge in [-0.2, -0.15) is 11.8 Å². The van der Waals surface area contributed by atoms with Crippen LogP contribution < -0.4 is 5.32 Å². The predicted molar refractivity (Wildman–Crippen MR) is 91.5 cm³/mol. The Labute approximate surface area is 126 Å². The summed E-state index contributed by atoms with van der Waals surface area (Å²) in [6.45, 7) is 6.60. The zero-order chi connectivity index (χ0) is 14.6. The number of nitrogens with one attached hydrogen (secondary N) is 1. The summed E-state index contributed by atoms with van der Waals surface area (Å²) < 4.78 is 2.60. The second-order valence-corrected chi connectivity index (χ2v) is 6.75. The van der Waals surface area contributed by atoms with E-state index in [1.54, 1.807) is 0 Å². The Morgan fingerprint density at radius 2 is 1.90 bits per heavy atom. The minimum Gasteiger partial charge on any atom is -0.350 e. The third-order valence-corrected chi connectivity index (χ3v) is 6.05. The van der Waals surface area contributed by atoms with Gasteiger partial charge in [0, 0.05) is 42.0 Å². The lowest BCUT2D eigenvalue weighted by Gasteiger charge is -2.30. The van der Waals surface area contributed by atoms with E-state index in [1.165, 1.54) is 29.3 Å². The van der Waals surface area contributed by atoms with Crippen LogP contribution in [0.3, 0.4) is 0 Å². The molecule has 0 unspecified atom stereocenters. The Bertz CT molecular complexity index is 547. The van der Waals surface area contributed by atoms with E-state index >= 15 is 0 Å². The van der Waals surface area contributed by atoms with Crippen LogP contribution in [0.15, 0.2) is 30.5 Å². The molecule has 0 aliphatic carbocycles. The molecule has 1 aromatic carbocycles. The van der Waals surface area contributed by atoms with Gasteiger partial charge in [-0.05, 0) is 30.7 Å². The van der Waals surface area contributed by atoms with Crippen molar-refractivity contribution >= 4 is 22.7 Å². The molecular formula is C17H26N2S. The van der Waals surface area contributed by atoms with Crippen molar-refractivity contribution in [2.45, 2.75) is 38.0 Å². The molecule has 0 aliphatic rings. The molecule has 1 aromatic heterocycles. The van der Waals surface area contributed by atoms with Gasteiger partial charge in [0.25, 0.3) is 0 Å². The van der Waals surface area contributed by atoms with Gasteiger partial charge < -0.3 is 9.88 Å². The molecule has 20 heavy (non-hydrogen) atoms. The van der Waals surface area contributed by atoms with E-state index in [0.717, 1.165) is 13.1 Å². The molecule has 2 nitrogen and oxygen atoms in total. The van der Waals surface area contributed by atoms with Crippen molar-refractivity contribution in [1.82, 2.24) is 9.88 Å². The van der Waals surface area contributed by atoms with Crippen molar-refractivity contribution in [1.29, 1.82) is 0 Å². The molecule has 0 saturated heterocycles. The molecule has 1 heterocycles. The fraction of sp³-hybridized carbons (Fsp3) is 0.529. The number of aromatic nitrogens is 1. The maximum absolute atomic E-state index is 3.67. The van der Waals surface area contributed by atoms with E-state index < -0.39 is 0 Å². The summed E-state index contributed by atoms with van der Waals surface area (Å²) in [7, 11) is 2.12. The fourth-order valence-electron chi connectivity index (χ4n) is 2.85. The average molecular weight is 290 g/mol. The van der Waals surface area contributed by atoms with Gasteiger partial charge in [-0.15, -0.1) is 0 Å². The van der Waals surface area contributed by atoms with Crippen LogP contribution in [0, 0.1) is 0 Å². The quantitative estimate of drug-likeness (QED) is 0.823. The largest absolute Gasteiger partial charge is 0.350 e. The van der Waals surface area contributed by atoms with Crippen LogP contribution in [-0.4, -0.2) is 22.1 Å². The SMILES string of the molecule is CCC(CC)(CNCc1cn(C)c2ccccc12)SC. The topological polar surface area (TPSA) is 17.0 Å². The molecule has 0 aliphatic heterocycles. The average Bonchev–Trinajstić information content (AvgIpc) is 2.81. The van der Waals surface area contributed by atoms with Crippen molar-refractivity contribution in [3.8, 4) is 0 Å². The lowest BCUT2D eigenvalue weighted by Crippen LogP contribution is -2.36. The number of para-hydroxylation sites is 1. The molecule has 0 atom stereocenters. The number of benzene rings is 1. The molecule has 3 heteroatoms. The highest BCUT2D eigenvalue weighted by Gasteiger charge is 2.24. The Hall–Kier alpha value is -0.930. The molecule has 1 N–H and O–H groups in total. The van der Waals surface area contributed by atoms with Gasteiger partial charge in [-0.1, -0.05) is 32.0 Å². The zero-order valence-electron chi connectivity index (χ0n) is 13.1. The summed E-state index contributed by atoms with van der Waals surface area (Å²) in [4.78, 5) is 0. The summed E-state index contributed by atoms with van der Waals surface area (Å²) in [6.07, 6.45) is 6.91. The summed E-state index contributed by atoms with van der Waals surface area (Å²) in [5, 5.41) is 5.03. The Kier molecular flexibility index (Phi) is 5.17. The Balaban J connectivity index is 2.06. The lowest BCUT2D eigenvalue weighted by molar-refractivity contribution is 0.495. The maximum atomic E-state index is 3.67. The molecule has 110 valence electrons. The highest BCUT2D eigenvalue weighted by Crippen LogP contribution is 2.29. The Morgan fingerprint density at radius 3 is 2.55 bits per heavy atom. The lowest BCUT2D eigenvalue weighted by atomic mass is 10.0. The summed E-state index contributed by atoms with van der Waals surface area (Å²) in [6, 6.07) is 8.62. The van der Waals surface area contributed by atoms with Crippen molar-refractivity contribution in [3.63, 3.8) is 0 Å². The van der Waals surface area contributed by atoms with Crippen LogP contribution in [-0.2, 0) is 13.6 Å². The first-order valence-corrected chi connectivity index (χ1v) is 8.67. The van der Waals surface area contributed by atoms with Gasteiger partial charge in [0.1, 0.15) is 0 Å². The molecule has 0 fully saturated rings. The number of hydrogen-bond acceptors (Lipinski definition) is 2. The van der Waals surface area contributed by atoms with Gasteiger partial charge in [-0.3, -0.25) is 0 Å². The first-order valence-electron chi connectivity index (χ1n) is 7.44. The van der Waals surface area contributed by atoms with Crippen LogP contribution in [0.2, 0.25) is 0 Å². The summed E-state index contributed by atoms with van der Waals surface area (Å²) in [5.41, 5.74) is 2.71. The number of hydrogen-bond donors (Lipinski definition) is 1. The van der Waals surface area contributed by atoms with Gasteiger partial charge in [-0.25, -0.2) is 0 Å². The predicted octanol–water partition coefficient (Wildman–Crippen LogP) is 4.19. The molecular weight excluding hydrogens is 264 g/mol. The third kappa shape index (κ3) is 3.04. The third-order valence-electron chi connectivity index (χ3n) is 4.46. The van der Waals surface area contributed by atoms with Gasteiger partial charge >= 0.3 is 0 Å². The van der Waals surface area contributed by atoms with Crippen LogP contribution >= 0.6 is 11.8 Å². The van der Waals surface area contributed by atoms with Crippen LogP contribution in [0.4, 0.5) is 0 Å². The van der Waals surface area contributed by atoms with E-state index in [1.807, 2.05) is 11.8 Å². The molecule has 0 saturated carbocycles. The van der Waals surface area contributed by atoms with Crippen LogP contribution in [0.5, 0.6) is 0 Å². The van der Waals surface area contributed by atoms with E-state index in [4.69, 9.17) is 0 Å². The summed E-state index contributed by atoms with van der Waals surface area (Å²) >= 11 is 1.99. The Morgan fingerprint density at radius 1 is 1.20 bits per heavy atom. The highest BCUT2D eigenvalue weighted by molar-refractivity contribution is 8.00. The smallest absolute Gasteiger partial charge is 0.0481 e. The minimum atomic E-state index is 0.380. The maximum Gasteiger partial charge on any atom is 0.0481 e. The molecule has 2 rings (SSSR count). The number of aryl methyl sites for hydroxylation is 1. The van der Waals surface area contributed by atoms with E-state index in [2.05, 4.69) is 67.5 Å². The number of fused-ring (bicyclic) bond motifs is 1. The van der Waals surface area contributed by atoms with E-state index in [9.17, 15) is 0 Å². The first-order chi connectivity index (χ1) is 9.65. The second-order valence-electron chi connectivity index (χ2n) is 5.48. The van der Waals surface area contributed by atoms with Crippen molar-refractivity contribution in [2.24, 2.45) is 7.05 Å². The number of thioether (sulfide) groups is 1. The summed E-state index contributed by atoms with van der Waals surface area (Å²) in [5.74, 6) is 0. The molecule has 0 radical (unpaired) electrons. The van der Waals surface area contributed by atoms with Gasteiger partial charge in [0.05, 0.1) is 0 Å². The molecule has 0 amide bonds. The zero-order valence-corrected chi connectivity index (χ0v) is 13.9. The number of nitrogens with zero attached hydrogens (tertiary/aromatic N) is 1. The standard InChI is InChI=1S/C17H26N2S/c1-5-17(6-2,20-4)13-18-11-14-12-19(3)16-10-8-7-9-15(14)16/h7-10,12,18H,5-6,11,13H2,1-4H3. The van der Waals surface area contributed by atoms with Gasteiger partial charge in [0.15, 0.2) is 0 Å². The highest BCUT2D eigenvalue weighted by atomic mass is 32.2. The monoisotopic (exact) mass is 290 g/mol. The molecule has 0 bridgehead atoms. The minimum absolute atomic E-state index is 0.380. The van der Waals surface area contributed by atoms with Crippen molar-refractivity contribution < 1.29 is 0 Å². The first kappa shape index (κ1) is 15.5. The van der Waals surface area contributed by atoms with E-state index in [0.29, 0.717) is 4.75 Å². The van der Waals surface area contributed by atoms with Crippen molar-refractivity contribution in [3.05, 3.63) is 36.0 Å².